The van der Waals surface area contributed by atoms with E-state index in [0.717, 1.165) is 31.4 Å². The van der Waals surface area contributed by atoms with Crippen molar-refractivity contribution >= 4 is 17.4 Å². The molecule has 15 heavy (non-hydrogen) atoms. The fourth-order valence-corrected chi connectivity index (χ4v) is 2.01. The van der Waals surface area contributed by atoms with Gasteiger partial charge in [0.1, 0.15) is 11.0 Å². The first kappa shape index (κ1) is 10.7. The molecular formula is C11H16ClN3. The summed E-state index contributed by atoms with van der Waals surface area (Å²) in [5.41, 5.74) is 0. The molecule has 1 aliphatic heterocycles. The van der Waals surface area contributed by atoms with Crippen LogP contribution in [0.1, 0.15) is 12.8 Å². The second-order valence-electron chi connectivity index (χ2n) is 3.92. The Labute approximate surface area is 95.2 Å². The Balaban J connectivity index is 1.81. The minimum Gasteiger partial charge on any atom is -0.370 e. The van der Waals surface area contributed by atoms with Gasteiger partial charge in [0.05, 0.1) is 0 Å². The standard InChI is InChI=1S/C11H16ClN3/c12-10-2-1-3-11(15-10)14-8-9-4-6-13-7-5-9/h1-3,9,13H,4-8H2,(H,14,15). The number of pyridine rings is 1. The van der Waals surface area contributed by atoms with Gasteiger partial charge in [0.15, 0.2) is 0 Å². The van der Waals surface area contributed by atoms with Gasteiger partial charge in [0, 0.05) is 6.54 Å². The maximum Gasteiger partial charge on any atom is 0.131 e. The van der Waals surface area contributed by atoms with Crippen molar-refractivity contribution in [1.82, 2.24) is 10.3 Å². The van der Waals surface area contributed by atoms with Gasteiger partial charge in [-0.15, -0.1) is 0 Å². The predicted octanol–water partition coefficient (Wildman–Crippen LogP) is 2.15. The highest BCUT2D eigenvalue weighted by molar-refractivity contribution is 6.29. The third-order valence-corrected chi connectivity index (χ3v) is 2.96. The molecule has 1 aliphatic rings. The van der Waals surface area contributed by atoms with Crippen molar-refractivity contribution in [3.63, 3.8) is 0 Å². The van der Waals surface area contributed by atoms with E-state index in [4.69, 9.17) is 11.6 Å². The van der Waals surface area contributed by atoms with E-state index in [1.54, 1.807) is 6.07 Å². The molecule has 2 heterocycles. The van der Waals surface area contributed by atoms with Gasteiger partial charge in [-0.05, 0) is 44.0 Å². The van der Waals surface area contributed by atoms with E-state index >= 15 is 0 Å². The van der Waals surface area contributed by atoms with Gasteiger partial charge in [-0.1, -0.05) is 17.7 Å². The molecule has 0 aliphatic carbocycles. The van der Waals surface area contributed by atoms with E-state index in [1.165, 1.54) is 12.8 Å². The molecule has 4 heteroatoms. The lowest BCUT2D eigenvalue weighted by Gasteiger charge is -2.22. The van der Waals surface area contributed by atoms with Crippen molar-refractivity contribution in [3.05, 3.63) is 23.4 Å². The second kappa shape index (κ2) is 5.33. The van der Waals surface area contributed by atoms with E-state index < -0.39 is 0 Å². The van der Waals surface area contributed by atoms with Gasteiger partial charge in [-0.2, -0.15) is 0 Å². The molecule has 3 nitrogen and oxygen atoms in total. The number of nitrogens with zero attached hydrogens (tertiary/aromatic N) is 1. The van der Waals surface area contributed by atoms with Crippen LogP contribution in [0.3, 0.4) is 0 Å². The normalized spacial score (nSPS) is 17.7. The summed E-state index contributed by atoms with van der Waals surface area (Å²) < 4.78 is 0. The van der Waals surface area contributed by atoms with E-state index in [1.807, 2.05) is 12.1 Å². The quantitative estimate of drug-likeness (QED) is 0.775. The lowest BCUT2D eigenvalue weighted by molar-refractivity contribution is 0.389. The fourth-order valence-electron chi connectivity index (χ4n) is 1.84. The second-order valence-corrected chi connectivity index (χ2v) is 4.31. The Morgan fingerprint density at radius 1 is 1.40 bits per heavy atom. The van der Waals surface area contributed by atoms with Crippen LogP contribution in [-0.4, -0.2) is 24.6 Å². The molecule has 0 atom stereocenters. The zero-order valence-electron chi connectivity index (χ0n) is 8.67. The molecule has 0 radical (unpaired) electrons. The molecule has 0 saturated carbocycles. The first-order valence-corrected chi connectivity index (χ1v) is 5.79. The van der Waals surface area contributed by atoms with Crippen LogP contribution in [0.15, 0.2) is 18.2 Å². The maximum absolute atomic E-state index is 5.81. The van der Waals surface area contributed by atoms with Gasteiger partial charge in [-0.3, -0.25) is 0 Å². The van der Waals surface area contributed by atoms with Crippen molar-refractivity contribution in [2.75, 3.05) is 25.0 Å². The highest BCUT2D eigenvalue weighted by atomic mass is 35.5. The van der Waals surface area contributed by atoms with Gasteiger partial charge >= 0.3 is 0 Å². The topological polar surface area (TPSA) is 37.0 Å². The zero-order chi connectivity index (χ0) is 10.5. The molecule has 1 aromatic rings. The van der Waals surface area contributed by atoms with Crippen molar-refractivity contribution in [2.24, 2.45) is 5.92 Å². The van der Waals surface area contributed by atoms with Gasteiger partial charge in [-0.25, -0.2) is 4.98 Å². The average molecular weight is 226 g/mol. The Morgan fingerprint density at radius 3 is 2.93 bits per heavy atom. The summed E-state index contributed by atoms with van der Waals surface area (Å²) in [4.78, 5) is 4.20. The molecule has 1 saturated heterocycles. The van der Waals surface area contributed by atoms with E-state index in [9.17, 15) is 0 Å². The lowest BCUT2D eigenvalue weighted by atomic mass is 9.98. The van der Waals surface area contributed by atoms with Gasteiger partial charge < -0.3 is 10.6 Å². The third kappa shape index (κ3) is 3.36. The minimum absolute atomic E-state index is 0.547. The molecule has 0 bridgehead atoms. The number of hydrogen-bond acceptors (Lipinski definition) is 3. The van der Waals surface area contributed by atoms with Gasteiger partial charge in [0.2, 0.25) is 0 Å². The van der Waals surface area contributed by atoms with Crippen LogP contribution in [0.4, 0.5) is 5.82 Å². The van der Waals surface area contributed by atoms with Crippen LogP contribution < -0.4 is 10.6 Å². The molecule has 0 unspecified atom stereocenters. The molecule has 1 aromatic heterocycles. The molecular weight excluding hydrogens is 210 g/mol. The molecule has 0 amide bonds. The lowest BCUT2D eigenvalue weighted by Crippen LogP contribution is -2.31. The summed E-state index contributed by atoms with van der Waals surface area (Å²) in [5.74, 6) is 1.63. The summed E-state index contributed by atoms with van der Waals surface area (Å²) in [7, 11) is 0. The number of halogens is 1. The summed E-state index contributed by atoms with van der Waals surface area (Å²) in [6.45, 7) is 3.26. The van der Waals surface area contributed by atoms with Crippen LogP contribution in [0, 0.1) is 5.92 Å². The Kier molecular flexibility index (Phi) is 3.80. The third-order valence-electron chi connectivity index (χ3n) is 2.75. The smallest absolute Gasteiger partial charge is 0.131 e. The van der Waals surface area contributed by atoms with Crippen LogP contribution >= 0.6 is 11.6 Å². The first-order valence-electron chi connectivity index (χ1n) is 5.42. The molecule has 0 spiro atoms. The Hall–Kier alpha value is -0.800. The minimum atomic E-state index is 0.547. The number of anilines is 1. The van der Waals surface area contributed by atoms with Crippen molar-refractivity contribution < 1.29 is 0 Å². The number of rotatable bonds is 3. The van der Waals surface area contributed by atoms with E-state index in [-0.39, 0.29) is 0 Å². The average Bonchev–Trinajstić information content (AvgIpc) is 2.28. The number of aromatic nitrogens is 1. The maximum atomic E-state index is 5.81. The van der Waals surface area contributed by atoms with E-state index in [2.05, 4.69) is 15.6 Å². The summed E-state index contributed by atoms with van der Waals surface area (Å²) in [5, 5.41) is 7.24. The predicted molar refractivity (Wildman–Crippen MR) is 63.3 cm³/mol. The zero-order valence-corrected chi connectivity index (χ0v) is 9.43. The molecule has 2 N–H and O–H groups in total. The summed E-state index contributed by atoms with van der Waals surface area (Å²) in [6.07, 6.45) is 2.49. The molecule has 82 valence electrons. The highest BCUT2D eigenvalue weighted by Gasteiger charge is 2.12. The van der Waals surface area contributed by atoms with Crippen LogP contribution in [0.25, 0.3) is 0 Å². The van der Waals surface area contributed by atoms with Crippen LogP contribution in [-0.2, 0) is 0 Å². The van der Waals surface area contributed by atoms with Crippen LogP contribution in [0.2, 0.25) is 5.15 Å². The first-order chi connectivity index (χ1) is 7.34. The van der Waals surface area contributed by atoms with Crippen LogP contribution in [0.5, 0.6) is 0 Å². The molecule has 1 fully saturated rings. The number of hydrogen-bond donors (Lipinski definition) is 2. The van der Waals surface area contributed by atoms with Gasteiger partial charge in [0.25, 0.3) is 0 Å². The Morgan fingerprint density at radius 2 is 2.20 bits per heavy atom. The van der Waals surface area contributed by atoms with Crippen molar-refractivity contribution in [3.8, 4) is 0 Å². The van der Waals surface area contributed by atoms with Crippen molar-refractivity contribution in [1.29, 1.82) is 0 Å². The number of piperidine rings is 1. The van der Waals surface area contributed by atoms with Crippen molar-refractivity contribution in [2.45, 2.75) is 12.8 Å². The summed E-state index contributed by atoms with van der Waals surface area (Å²) >= 11 is 5.81. The monoisotopic (exact) mass is 225 g/mol. The molecule has 0 aromatic carbocycles. The fraction of sp³-hybridized carbons (Fsp3) is 0.545. The largest absolute Gasteiger partial charge is 0.370 e. The Bertz CT molecular complexity index is 310. The number of nitrogens with one attached hydrogen (secondary N) is 2. The van der Waals surface area contributed by atoms with E-state index in [0.29, 0.717) is 5.15 Å². The highest BCUT2D eigenvalue weighted by Crippen LogP contribution is 2.14. The summed E-state index contributed by atoms with van der Waals surface area (Å²) in [6, 6.07) is 5.66. The SMILES string of the molecule is Clc1cccc(NCC2CCNCC2)n1. The molecule has 2 rings (SSSR count).